The van der Waals surface area contributed by atoms with E-state index in [-0.39, 0.29) is 10.8 Å². The van der Waals surface area contributed by atoms with Crippen molar-refractivity contribution in [2.75, 3.05) is 13.7 Å². The number of aromatic nitrogens is 3. The second kappa shape index (κ2) is 3.92. The molecule has 0 radical (unpaired) electrons. The van der Waals surface area contributed by atoms with Crippen LogP contribution in [0.15, 0.2) is 0 Å². The summed E-state index contributed by atoms with van der Waals surface area (Å²) >= 11 is 5.27. The van der Waals surface area contributed by atoms with E-state index >= 15 is 0 Å². The van der Waals surface area contributed by atoms with Crippen molar-refractivity contribution < 1.29 is 4.74 Å². The molecule has 0 saturated heterocycles. The van der Waals surface area contributed by atoms with Crippen molar-refractivity contribution in [1.82, 2.24) is 14.8 Å². The Bertz CT molecular complexity index is 458. The van der Waals surface area contributed by atoms with Crippen molar-refractivity contribution in [2.24, 2.45) is 10.8 Å². The Morgan fingerprint density at radius 1 is 1.35 bits per heavy atom. The Balaban J connectivity index is 2.32. The molecule has 2 rings (SSSR count). The molecule has 1 N–H and O–H groups in total. The average Bonchev–Trinajstić information content (AvgIpc) is 2.54. The summed E-state index contributed by atoms with van der Waals surface area (Å²) in [6, 6.07) is 0. The third-order valence-corrected chi connectivity index (χ3v) is 4.90. The molecule has 0 atom stereocenters. The predicted octanol–water partition coefficient (Wildman–Crippen LogP) is 2.74. The van der Waals surface area contributed by atoms with Crippen molar-refractivity contribution in [2.45, 2.75) is 40.2 Å². The van der Waals surface area contributed by atoms with Gasteiger partial charge in [0, 0.05) is 19.6 Å². The van der Waals surface area contributed by atoms with E-state index in [4.69, 9.17) is 17.0 Å². The molecule has 1 aromatic rings. The first-order valence-electron chi connectivity index (χ1n) is 5.98. The molecule has 1 aliphatic rings. The quantitative estimate of drug-likeness (QED) is 0.841. The summed E-state index contributed by atoms with van der Waals surface area (Å²) in [4.78, 5) is 0. The van der Waals surface area contributed by atoms with Crippen molar-refractivity contribution in [3.8, 4) is 0 Å². The lowest BCUT2D eigenvalue weighted by atomic mass is 10.0. The van der Waals surface area contributed by atoms with Gasteiger partial charge in [0.1, 0.15) is 5.82 Å². The first-order chi connectivity index (χ1) is 7.84. The summed E-state index contributed by atoms with van der Waals surface area (Å²) in [5, 5.41) is 7.32. The van der Waals surface area contributed by atoms with Gasteiger partial charge >= 0.3 is 0 Å². The average molecular weight is 255 g/mol. The van der Waals surface area contributed by atoms with E-state index in [9.17, 15) is 0 Å². The highest BCUT2D eigenvalue weighted by Gasteiger charge is 2.67. The van der Waals surface area contributed by atoms with Crippen LogP contribution in [-0.2, 0) is 11.3 Å². The van der Waals surface area contributed by atoms with E-state index in [1.165, 1.54) is 0 Å². The summed E-state index contributed by atoms with van der Waals surface area (Å²) in [6.45, 7) is 10.6. The minimum absolute atomic E-state index is 0.277. The van der Waals surface area contributed by atoms with Crippen LogP contribution in [0.3, 0.4) is 0 Å². The van der Waals surface area contributed by atoms with Gasteiger partial charge in [0.25, 0.3) is 0 Å². The standard InChI is InChI=1S/C12H21N3OS/c1-11(2)8(12(11,3)4)9-13-14-10(17)15(9)6-7-16-5/h8H,6-7H2,1-5H3,(H,14,17). The Labute approximate surface area is 107 Å². The Kier molecular flexibility index (Phi) is 2.94. The highest BCUT2D eigenvalue weighted by atomic mass is 32.1. The summed E-state index contributed by atoms with van der Waals surface area (Å²) in [7, 11) is 1.70. The molecule has 0 bridgehead atoms. The number of hydrogen-bond donors (Lipinski definition) is 1. The molecule has 1 heterocycles. The second-order valence-corrected chi connectivity index (χ2v) is 6.29. The van der Waals surface area contributed by atoms with Crippen LogP contribution in [0.5, 0.6) is 0 Å². The number of nitrogens with zero attached hydrogens (tertiary/aromatic N) is 2. The van der Waals surface area contributed by atoms with Crippen LogP contribution in [0, 0.1) is 15.6 Å². The lowest BCUT2D eigenvalue weighted by Gasteiger charge is -2.07. The molecule has 1 aliphatic carbocycles. The number of H-pyrrole nitrogens is 1. The fraction of sp³-hybridized carbons (Fsp3) is 0.833. The minimum atomic E-state index is 0.277. The van der Waals surface area contributed by atoms with Gasteiger partial charge in [-0.05, 0) is 23.0 Å². The van der Waals surface area contributed by atoms with Gasteiger partial charge in [-0.2, -0.15) is 5.10 Å². The molecule has 0 spiro atoms. The maximum atomic E-state index is 5.27. The topological polar surface area (TPSA) is 42.8 Å². The van der Waals surface area contributed by atoms with Crippen molar-refractivity contribution in [1.29, 1.82) is 0 Å². The molecular weight excluding hydrogens is 234 g/mol. The van der Waals surface area contributed by atoms with E-state index in [2.05, 4.69) is 42.5 Å². The fourth-order valence-corrected chi connectivity index (χ4v) is 3.02. The summed E-state index contributed by atoms with van der Waals surface area (Å²) in [5.74, 6) is 1.53. The Morgan fingerprint density at radius 2 is 1.94 bits per heavy atom. The molecule has 0 unspecified atom stereocenters. The van der Waals surface area contributed by atoms with E-state index in [0.29, 0.717) is 17.3 Å². The zero-order valence-corrected chi connectivity index (χ0v) is 12.0. The third kappa shape index (κ3) is 1.76. The maximum absolute atomic E-state index is 5.27. The molecule has 96 valence electrons. The van der Waals surface area contributed by atoms with E-state index in [1.807, 2.05) is 0 Å². The smallest absolute Gasteiger partial charge is 0.195 e. The first kappa shape index (κ1) is 12.8. The van der Waals surface area contributed by atoms with E-state index in [1.54, 1.807) is 7.11 Å². The molecule has 5 heteroatoms. The number of ether oxygens (including phenoxy) is 1. The van der Waals surface area contributed by atoms with Crippen LogP contribution in [0.25, 0.3) is 0 Å². The molecule has 0 aromatic carbocycles. The van der Waals surface area contributed by atoms with Gasteiger partial charge in [0.2, 0.25) is 0 Å². The predicted molar refractivity (Wildman–Crippen MR) is 69.6 cm³/mol. The van der Waals surface area contributed by atoms with Crippen LogP contribution in [0.1, 0.15) is 39.4 Å². The SMILES string of the molecule is COCCn1c(C2C(C)(C)C2(C)C)n[nH]c1=S. The van der Waals surface area contributed by atoms with Gasteiger partial charge in [-0.3, -0.25) is 5.10 Å². The van der Waals surface area contributed by atoms with Crippen LogP contribution in [-0.4, -0.2) is 28.5 Å². The van der Waals surface area contributed by atoms with E-state index < -0.39 is 0 Å². The normalized spacial score (nSPS) is 21.7. The summed E-state index contributed by atoms with van der Waals surface area (Å²) < 4.78 is 7.88. The molecule has 1 aromatic heterocycles. The maximum Gasteiger partial charge on any atom is 0.195 e. The molecular formula is C12H21N3OS. The van der Waals surface area contributed by atoms with Gasteiger partial charge < -0.3 is 9.30 Å². The highest BCUT2D eigenvalue weighted by molar-refractivity contribution is 7.71. The van der Waals surface area contributed by atoms with Crippen LogP contribution >= 0.6 is 12.2 Å². The van der Waals surface area contributed by atoms with Gasteiger partial charge in [-0.25, -0.2) is 0 Å². The largest absolute Gasteiger partial charge is 0.383 e. The molecule has 17 heavy (non-hydrogen) atoms. The molecule has 0 aliphatic heterocycles. The second-order valence-electron chi connectivity index (χ2n) is 5.91. The van der Waals surface area contributed by atoms with Gasteiger partial charge in [0.05, 0.1) is 6.61 Å². The Hall–Kier alpha value is -0.680. The first-order valence-corrected chi connectivity index (χ1v) is 6.39. The van der Waals surface area contributed by atoms with Crippen molar-refractivity contribution in [3.05, 3.63) is 10.6 Å². The number of rotatable bonds is 4. The summed E-state index contributed by atoms with van der Waals surface area (Å²) in [6.07, 6.45) is 0. The van der Waals surface area contributed by atoms with E-state index in [0.717, 1.165) is 12.4 Å². The van der Waals surface area contributed by atoms with Crippen LogP contribution in [0.2, 0.25) is 0 Å². The zero-order valence-electron chi connectivity index (χ0n) is 11.2. The van der Waals surface area contributed by atoms with Gasteiger partial charge in [-0.1, -0.05) is 27.7 Å². The molecule has 1 fully saturated rings. The fourth-order valence-electron chi connectivity index (χ4n) is 2.79. The number of methoxy groups -OCH3 is 1. The minimum Gasteiger partial charge on any atom is -0.383 e. The third-order valence-electron chi connectivity index (χ3n) is 4.59. The zero-order chi connectivity index (χ0) is 12.8. The number of nitrogens with one attached hydrogen (secondary N) is 1. The highest BCUT2D eigenvalue weighted by Crippen LogP contribution is 2.73. The van der Waals surface area contributed by atoms with Crippen LogP contribution in [0.4, 0.5) is 0 Å². The number of aromatic amines is 1. The summed E-state index contributed by atoms with van der Waals surface area (Å²) in [5.41, 5.74) is 0.553. The van der Waals surface area contributed by atoms with Gasteiger partial charge in [-0.15, -0.1) is 0 Å². The molecule has 1 saturated carbocycles. The Morgan fingerprint density at radius 3 is 2.41 bits per heavy atom. The van der Waals surface area contributed by atoms with Crippen LogP contribution < -0.4 is 0 Å². The lowest BCUT2D eigenvalue weighted by Crippen LogP contribution is -2.09. The van der Waals surface area contributed by atoms with Crippen molar-refractivity contribution in [3.63, 3.8) is 0 Å². The molecule has 0 amide bonds. The monoisotopic (exact) mass is 255 g/mol. The van der Waals surface area contributed by atoms with Crippen molar-refractivity contribution >= 4 is 12.2 Å². The van der Waals surface area contributed by atoms with Gasteiger partial charge in [0.15, 0.2) is 4.77 Å². The molecule has 4 nitrogen and oxygen atoms in total. The lowest BCUT2D eigenvalue weighted by molar-refractivity contribution is 0.185. The number of hydrogen-bond acceptors (Lipinski definition) is 3.